The maximum Gasteiger partial charge on any atom is 0.354 e. The number of aryl methyl sites for hydroxylation is 1. The number of rotatable bonds is 3. The molecule has 19 heavy (non-hydrogen) atoms. The standard InChI is InChI=1S/C12H11N3O4/c1-6-7(2)15-19-11(6)14-10(16)8-3-4-9(12(17)18)13-5-8/h3-5H,1-2H3,(H,14,16)(H,17,18). The van der Waals surface area contributed by atoms with Crippen molar-refractivity contribution in [2.45, 2.75) is 13.8 Å². The Morgan fingerprint density at radius 2 is 2.05 bits per heavy atom. The third-order valence-corrected chi connectivity index (χ3v) is 2.63. The van der Waals surface area contributed by atoms with Gasteiger partial charge in [0, 0.05) is 11.8 Å². The lowest BCUT2D eigenvalue weighted by Crippen LogP contribution is -2.13. The second-order valence-electron chi connectivity index (χ2n) is 3.91. The maximum atomic E-state index is 11.9. The third-order valence-electron chi connectivity index (χ3n) is 2.63. The number of nitrogens with one attached hydrogen (secondary N) is 1. The van der Waals surface area contributed by atoms with Crippen LogP contribution in [0.3, 0.4) is 0 Å². The van der Waals surface area contributed by atoms with Crippen molar-refractivity contribution in [3.8, 4) is 0 Å². The number of aromatic nitrogens is 2. The van der Waals surface area contributed by atoms with E-state index in [1.165, 1.54) is 18.3 Å². The highest BCUT2D eigenvalue weighted by molar-refractivity contribution is 6.03. The van der Waals surface area contributed by atoms with Crippen molar-refractivity contribution in [1.29, 1.82) is 0 Å². The van der Waals surface area contributed by atoms with Crippen LogP contribution >= 0.6 is 0 Å². The topological polar surface area (TPSA) is 105 Å². The third kappa shape index (κ3) is 2.59. The number of aromatic carboxylic acids is 1. The van der Waals surface area contributed by atoms with Gasteiger partial charge in [-0.05, 0) is 26.0 Å². The van der Waals surface area contributed by atoms with Crippen molar-refractivity contribution >= 4 is 17.8 Å². The van der Waals surface area contributed by atoms with Crippen molar-refractivity contribution in [3.63, 3.8) is 0 Å². The fourth-order valence-electron chi connectivity index (χ4n) is 1.36. The number of carboxylic acid groups (broad SMARTS) is 1. The second kappa shape index (κ2) is 4.89. The van der Waals surface area contributed by atoms with Gasteiger partial charge in [0.2, 0.25) is 5.88 Å². The fourth-order valence-corrected chi connectivity index (χ4v) is 1.36. The zero-order valence-corrected chi connectivity index (χ0v) is 10.3. The average Bonchev–Trinajstić information content (AvgIpc) is 2.71. The van der Waals surface area contributed by atoms with E-state index >= 15 is 0 Å². The number of amides is 1. The SMILES string of the molecule is Cc1noc(NC(=O)c2ccc(C(=O)O)nc2)c1C. The van der Waals surface area contributed by atoms with E-state index in [2.05, 4.69) is 15.5 Å². The van der Waals surface area contributed by atoms with Crippen LogP contribution in [0.25, 0.3) is 0 Å². The summed E-state index contributed by atoms with van der Waals surface area (Å²) in [6.45, 7) is 3.53. The summed E-state index contributed by atoms with van der Waals surface area (Å²) >= 11 is 0. The van der Waals surface area contributed by atoms with Crippen molar-refractivity contribution in [1.82, 2.24) is 10.1 Å². The van der Waals surface area contributed by atoms with Crippen molar-refractivity contribution < 1.29 is 19.2 Å². The molecule has 0 atom stereocenters. The molecule has 2 N–H and O–H groups in total. The molecule has 0 fully saturated rings. The number of carbonyl (C=O) groups excluding carboxylic acids is 1. The van der Waals surface area contributed by atoms with Crippen LogP contribution < -0.4 is 5.32 Å². The monoisotopic (exact) mass is 261 g/mol. The summed E-state index contributed by atoms with van der Waals surface area (Å²) in [4.78, 5) is 26.2. The van der Waals surface area contributed by atoms with Gasteiger partial charge in [-0.15, -0.1) is 0 Å². The molecule has 0 saturated carbocycles. The largest absolute Gasteiger partial charge is 0.477 e. The lowest BCUT2D eigenvalue weighted by molar-refractivity contribution is 0.0690. The molecule has 2 aromatic heterocycles. The molecular weight excluding hydrogens is 250 g/mol. The lowest BCUT2D eigenvalue weighted by Gasteiger charge is -2.02. The summed E-state index contributed by atoms with van der Waals surface area (Å²) in [7, 11) is 0. The number of pyridine rings is 1. The van der Waals surface area contributed by atoms with Gasteiger partial charge in [0.1, 0.15) is 5.69 Å². The predicted octanol–water partition coefficient (Wildman–Crippen LogP) is 1.64. The predicted molar refractivity (Wildman–Crippen MR) is 65.1 cm³/mol. The van der Waals surface area contributed by atoms with Gasteiger partial charge in [-0.3, -0.25) is 10.1 Å². The smallest absolute Gasteiger partial charge is 0.354 e. The highest BCUT2D eigenvalue weighted by Gasteiger charge is 2.14. The summed E-state index contributed by atoms with van der Waals surface area (Å²) in [6.07, 6.45) is 1.19. The summed E-state index contributed by atoms with van der Waals surface area (Å²) in [5.74, 6) is -1.32. The number of carboxylic acids is 1. The van der Waals surface area contributed by atoms with E-state index in [9.17, 15) is 9.59 Å². The van der Waals surface area contributed by atoms with Crippen LogP contribution in [0.1, 0.15) is 32.1 Å². The van der Waals surface area contributed by atoms with Crippen molar-refractivity contribution in [2.75, 3.05) is 5.32 Å². The average molecular weight is 261 g/mol. The molecule has 7 heteroatoms. The molecule has 98 valence electrons. The van der Waals surface area contributed by atoms with Crippen LogP contribution in [0.15, 0.2) is 22.9 Å². The van der Waals surface area contributed by atoms with E-state index in [1.807, 2.05) is 0 Å². The molecule has 0 spiro atoms. The number of hydrogen-bond acceptors (Lipinski definition) is 5. The van der Waals surface area contributed by atoms with Gasteiger partial charge < -0.3 is 9.63 Å². The highest BCUT2D eigenvalue weighted by Crippen LogP contribution is 2.18. The molecule has 0 unspecified atom stereocenters. The van der Waals surface area contributed by atoms with Crippen molar-refractivity contribution in [2.24, 2.45) is 0 Å². The molecule has 1 amide bonds. The summed E-state index contributed by atoms with van der Waals surface area (Å²) in [5, 5.41) is 15.0. The number of nitrogens with zero attached hydrogens (tertiary/aromatic N) is 2. The summed E-state index contributed by atoms with van der Waals surface area (Å²) < 4.78 is 4.95. The van der Waals surface area contributed by atoms with Crippen LogP contribution in [0.5, 0.6) is 0 Å². The molecule has 2 rings (SSSR count). The van der Waals surface area contributed by atoms with Crippen molar-refractivity contribution in [3.05, 3.63) is 40.8 Å². The van der Waals surface area contributed by atoms with E-state index in [4.69, 9.17) is 9.63 Å². The lowest BCUT2D eigenvalue weighted by atomic mass is 10.2. The molecule has 0 aliphatic heterocycles. The quantitative estimate of drug-likeness (QED) is 0.870. The molecular formula is C12H11N3O4. The Kier molecular flexibility index (Phi) is 3.28. The minimum absolute atomic E-state index is 0.122. The molecule has 2 heterocycles. The number of carbonyl (C=O) groups is 2. The number of anilines is 1. The first-order valence-electron chi connectivity index (χ1n) is 5.42. The second-order valence-corrected chi connectivity index (χ2v) is 3.91. The van der Waals surface area contributed by atoms with Gasteiger partial charge in [-0.2, -0.15) is 0 Å². The van der Waals surface area contributed by atoms with E-state index in [0.29, 0.717) is 5.69 Å². The fraction of sp³-hybridized carbons (Fsp3) is 0.167. The van der Waals surface area contributed by atoms with Crippen LogP contribution in [-0.4, -0.2) is 27.1 Å². The molecule has 2 aromatic rings. The normalized spacial score (nSPS) is 10.2. The van der Waals surface area contributed by atoms with Gasteiger partial charge in [-0.1, -0.05) is 5.16 Å². The Labute approximate surface area is 108 Å². The minimum atomic E-state index is -1.14. The molecule has 0 bridgehead atoms. The minimum Gasteiger partial charge on any atom is -0.477 e. The molecule has 7 nitrogen and oxygen atoms in total. The van der Waals surface area contributed by atoms with E-state index < -0.39 is 11.9 Å². The molecule has 0 aliphatic rings. The van der Waals surface area contributed by atoms with Crippen LogP contribution in [0.4, 0.5) is 5.88 Å². The highest BCUT2D eigenvalue weighted by atomic mass is 16.5. The Morgan fingerprint density at radius 3 is 2.53 bits per heavy atom. The van der Waals surface area contributed by atoms with Gasteiger partial charge in [0.25, 0.3) is 5.91 Å². The van der Waals surface area contributed by atoms with E-state index in [1.54, 1.807) is 13.8 Å². The maximum absolute atomic E-state index is 11.9. The molecule has 0 aromatic carbocycles. The van der Waals surface area contributed by atoms with Gasteiger partial charge in [-0.25, -0.2) is 9.78 Å². The van der Waals surface area contributed by atoms with E-state index in [-0.39, 0.29) is 17.1 Å². The Hall–Kier alpha value is -2.70. The summed E-state index contributed by atoms with van der Waals surface area (Å²) in [6, 6.07) is 2.64. The summed E-state index contributed by atoms with van der Waals surface area (Å²) in [5.41, 5.74) is 1.54. The first-order valence-corrected chi connectivity index (χ1v) is 5.42. The Bertz CT molecular complexity index is 631. The van der Waals surface area contributed by atoms with Gasteiger partial charge in [0.15, 0.2) is 0 Å². The molecule has 0 aliphatic carbocycles. The van der Waals surface area contributed by atoms with Gasteiger partial charge >= 0.3 is 5.97 Å². The number of hydrogen-bond donors (Lipinski definition) is 2. The zero-order valence-electron chi connectivity index (χ0n) is 10.3. The Morgan fingerprint density at radius 1 is 1.32 bits per heavy atom. The van der Waals surface area contributed by atoms with Crippen LogP contribution in [0, 0.1) is 13.8 Å². The van der Waals surface area contributed by atoms with Crippen LogP contribution in [0.2, 0.25) is 0 Å². The molecule has 0 radical (unpaired) electrons. The zero-order chi connectivity index (χ0) is 14.0. The van der Waals surface area contributed by atoms with Gasteiger partial charge in [0.05, 0.1) is 11.3 Å². The molecule has 0 saturated heterocycles. The Balaban J connectivity index is 2.16. The first-order chi connectivity index (χ1) is 8.99. The van der Waals surface area contributed by atoms with Crippen LogP contribution in [-0.2, 0) is 0 Å². The first kappa shape index (κ1) is 12.7. The van der Waals surface area contributed by atoms with E-state index in [0.717, 1.165) is 5.56 Å².